The molecule has 3 aliphatic carbocycles. The van der Waals surface area contributed by atoms with E-state index in [9.17, 15) is 39.9 Å². The highest BCUT2D eigenvalue weighted by Crippen LogP contribution is 2.49. The average molecular weight is 1400 g/mol. The third-order valence-electron chi connectivity index (χ3n) is 16.4. The summed E-state index contributed by atoms with van der Waals surface area (Å²) in [5.41, 5.74) is 1.41. The van der Waals surface area contributed by atoms with Crippen LogP contribution in [0.5, 0.6) is 17.2 Å². The summed E-state index contributed by atoms with van der Waals surface area (Å²) in [5.74, 6) is 11.6. The number of methoxy groups -OCH3 is 5. The minimum atomic E-state index is -2.05. The van der Waals surface area contributed by atoms with Gasteiger partial charge in [0.05, 0.1) is 97.0 Å². The van der Waals surface area contributed by atoms with Crippen molar-refractivity contribution in [2.45, 2.75) is 206 Å². The number of aliphatic hydroxyl groups is 5. The molecule has 2 bridgehead atoms. The molecule has 0 radical (unpaired) electrons. The van der Waals surface area contributed by atoms with E-state index in [2.05, 4.69) is 39.8 Å². The average Bonchev–Trinajstić information content (AvgIpc) is 2.97. The predicted molar refractivity (Wildman–Crippen MR) is 333 cm³/mol. The number of ether oxygens (including phenoxy) is 12. The summed E-state index contributed by atoms with van der Waals surface area (Å²) in [5, 5.41) is 63.6. The molecule has 4 heterocycles. The summed E-state index contributed by atoms with van der Waals surface area (Å²) in [6.45, 7) is 9.45. The first-order valence-electron chi connectivity index (χ1n) is 29.4. The van der Waals surface area contributed by atoms with Gasteiger partial charge in [-0.15, -0.1) is 0 Å². The molecule has 88 heavy (non-hydrogen) atoms. The SMILES string of the molecule is CCN[C@H]1CO[C@@H](O[C@H]2[C@H](O[C@H]3C#C/C=C/C#C[C@]4(O)CC(=O)C(NC(=O)OC)=C3/C4=C\CSSC3CCCCC3)O[C@H](C)[C@@H](NO[C@H]3C[C@H](O)[C@H](SC(=O)c4c(C)c(I)c(O[C@@H]5O[C@@H](C)[C@H](O)[C@@H](OC)[C@H]5O)c(OC)c4OC)[C@@H](C)O3)[C@@H]2O)C[C@@H]1OC. The number of benzene rings is 1. The van der Waals surface area contributed by atoms with Crippen molar-refractivity contribution in [3.05, 3.63) is 49.8 Å². The predicted octanol–water partition coefficient (Wildman–Crippen LogP) is 4.25. The van der Waals surface area contributed by atoms with Gasteiger partial charge in [0.15, 0.2) is 41.8 Å². The maximum atomic E-state index is 14.5. The fraction of sp³-hybridized carbons (Fsp3) is 0.683. The minimum absolute atomic E-state index is 0.0109. The summed E-state index contributed by atoms with van der Waals surface area (Å²) in [4.78, 5) is 47.9. The van der Waals surface area contributed by atoms with Gasteiger partial charge >= 0.3 is 6.09 Å². The van der Waals surface area contributed by atoms with Crippen LogP contribution in [0.3, 0.4) is 0 Å². The first kappa shape index (κ1) is 70.6. The van der Waals surface area contributed by atoms with Gasteiger partial charge in [-0.05, 0) is 87.4 Å². The molecule has 1 amide bonds. The van der Waals surface area contributed by atoms with E-state index >= 15 is 0 Å². The monoisotopic (exact) mass is 1400 g/mol. The third-order valence-corrected chi connectivity index (χ3v) is 21.9. The molecular formula is C60H82IN3O21S3. The number of thioether (sulfide) groups is 1. The smallest absolute Gasteiger partial charge is 0.411 e. The molecule has 4 aliphatic heterocycles. The lowest BCUT2D eigenvalue weighted by molar-refractivity contribution is -0.336. The molecule has 24 nitrogen and oxygen atoms in total. The van der Waals surface area contributed by atoms with Gasteiger partial charge in [-0.1, -0.05) is 89.3 Å². The number of fused-ring (bicyclic) bond motifs is 2. The van der Waals surface area contributed by atoms with E-state index < -0.39 is 127 Å². The molecule has 1 aromatic carbocycles. The van der Waals surface area contributed by atoms with E-state index in [1.807, 2.05) is 29.5 Å². The lowest BCUT2D eigenvalue weighted by Gasteiger charge is -2.46. The normalized spacial score (nSPS) is 36.1. The van der Waals surface area contributed by atoms with E-state index in [4.69, 9.17) is 61.7 Å². The topological polar surface area (TPSA) is 308 Å². The number of amides is 1. The highest BCUT2D eigenvalue weighted by atomic mass is 127. The van der Waals surface area contributed by atoms with Crippen LogP contribution in [0, 0.1) is 34.2 Å². The number of carbonyl (C=O) groups excluding carboxylic acids is 3. The molecule has 0 aromatic heterocycles. The number of alkyl carbamates (subject to hydrolysis) is 1. The van der Waals surface area contributed by atoms with Crippen LogP contribution >= 0.6 is 55.9 Å². The van der Waals surface area contributed by atoms with Crippen LogP contribution in [-0.2, 0) is 52.3 Å². The quantitative estimate of drug-likeness (QED) is 0.0265. The number of hydrogen-bond acceptors (Lipinski definition) is 26. The van der Waals surface area contributed by atoms with Gasteiger partial charge in [0.1, 0.15) is 36.6 Å². The molecule has 1 aromatic rings. The number of likely N-dealkylation sites (N-methyl/N-ethyl adjacent to an activating group) is 1. The number of rotatable bonds is 22. The molecule has 28 heteroatoms. The fourth-order valence-electron chi connectivity index (χ4n) is 11.7. The molecule has 4 saturated heterocycles. The van der Waals surface area contributed by atoms with E-state index in [0.29, 0.717) is 26.7 Å². The van der Waals surface area contributed by atoms with Gasteiger partial charge in [0.25, 0.3) is 0 Å². The second-order valence-electron chi connectivity index (χ2n) is 22.2. The van der Waals surface area contributed by atoms with E-state index in [-0.39, 0.29) is 71.2 Å². The van der Waals surface area contributed by atoms with Crippen LogP contribution in [0.15, 0.2) is 35.1 Å². The molecule has 7 aliphatic rings. The number of carbonyl (C=O) groups is 3. The Kier molecular flexibility index (Phi) is 26.1. The maximum absolute atomic E-state index is 14.5. The van der Waals surface area contributed by atoms with Gasteiger partial charge in [0, 0.05) is 49.2 Å². The Morgan fingerprint density at radius 1 is 0.852 bits per heavy atom. The summed E-state index contributed by atoms with van der Waals surface area (Å²) in [6.07, 6.45) is -7.89. The van der Waals surface area contributed by atoms with Crippen molar-refractivity contribution in [3.63, 3.8) is 0 Å². The van der Waals surface area contributed by atoms with Crippen LogP contribution in [-0.4, -0.2) is 217 Å². The number of halogens is 1. The highest BCUT2D eigenvalue weighted by molar-refractivity contribution is 14.1. The Labute approximate surface area is 539 Å². The van der Waals surface area contributed by atoms with Gasteiger partial charge < -0.3 is 87.7 Å². The largest absolute Gasteiger partial charge is 0.492 e. The second kappa shape index (κ2) is 32.5. The first-order chi connectivity index (χ1) is 42.2. The Hall–Kier alpha value is -3.29. The number of aliphatic hydroxyl groups excluding tert-OH is 4. The van der Waals surface area contributed by atoms with Crippen molar-refractivity contribution in [2.24, 2.45) is 0 Å². The summed E-state index contributed by atoms with van der Waals surface area (Å²) < 4.78 is 72.9. The van der Waals surface area contributed by atoms with Crippen molar-refractivity contribution in [1.29, 1.82) is 0 Å². The Bertz CT molecular complexity index is 2830. The lowest BCUT2D eigenvalue weighted by atomic mass is 9.75. The zero-order valence-corrected chi connectivity index (χ0v) is 55.5. The maximum Gasteiger partial charge on any atom is 0.411 e. The fourth-order valence-corrected chi connectivity index (χ4v) is 16.1. The molecule has 8 rings (SSSR count). The summed E-state index contributed by atoms with van der Waals surface area (Å²) in [6, 6.07) is -1.26. The zero-order valence-electron chi connectivity index (χ0n) is 50.9. The Morgan fingerprint density at radius 3 is 2.26 bits per heavy atom. The van der Waals surface area contributed by atoms with Gasteiger partial charge in [-0.2, -0.15) is 5.48 Å². The number of hydrogen-bond donors (Lipinski definition) is 8. The van der Waals surface area contributed by atoms with Crippen LogP contribution < -0.4 is 30.3 Å². The van der Waals surface area contributed by atoms with E-state index in [0.717, 1.165) is 44.6 Å². The van der Waals surface area contributed by atoms with Crippen molar-refractivity contribution >= 4 is 72.9 Å². The number of ketones is 1. The summed E-state index contributed by atoms with van der Waals surface area (Å²) >= 11 is 2.84. The Balaban J connectivity index is 1.02. The lowest BCUT2D eigenvalue weighted by Crippen LogP contribution is -2.65. The zero-order chi connectivity index (χ0) is 63.6. The molecule has 0 unspecified atom stereocenters. The molecule has 19 atom stereocenters. The van der Waals surface area contributed by atoms with Crippen molar-refractivity contribution in [3.8, 4) is 40.9 Å². The molecule has 488 valence electrons. The van der Waals surface area contributed by atoms with Gasteiger partial charge in [-0.3, -0.25) is 19.7 Å². The summed E-state index contributed by atoms with van der Waals surface area (Å²) in [7, 11) is 10.2. The van der Waals surface area contributed by atoms with Crippen LogP contribution in [0.25, 0.3) is 0 Å². The standard InChI is InChI=1S/C60H82IN3O21S3/c1-11-62-35-28-78-40(26-39(35)73-6)83-53-48(68)45(30(3)80-58(53)82-38-21-17-12-13-18-23-60(72)27-37(66)46(63-59(71)77-10)43(38)34(60)22-24-86-88-33-19-15-14-16-20-33)64-85-41-25-36(65)55(32(5)79-41)87-56(70)42-29(2)44(61)51(54(76-9)50(42)74-7)84-57-49(69)52(75-8)47(67)31(4)81-57/h12-13,22,30-33,35-36,38-41,45,47-49,52-53,55,57-58,62,64-65,67-69,72H,11,14-16,19-20,24-28H2,1-10H3,(H,63,71)/b13-12+,34-22+/t30-,31+,32-,35+,36+,38+,39+,40+,41+,45-,47+,48+,49-,52-,53-,55-,57+,58+,60+/m1/s1. The molecule has 8 N–H and O–H groups in total. The first-order valence-corrected chi connectivity index (χ1v) is 33.7. The van der Waals surface area contributed by atoms with Crippen LogP contribution in [0.1, 0.15) is 95.0 Å². The van der Waals surface area contributed by atoms with E-state index in [1.165, 1.54) is 39.9 Å². The minimum Gasteiger partial charge on any atom is -0.492 e. The van der Waals surface area contributed by atoms with Crippen molar-refractivity contribution < 1.29 is 102 Å². The van der Waals surface area contributed by atoms with E-state index in [1.54, 1.807) is 62.5 Å². The Morgan fingerprint density at radius 2 is 1.58 bits per heavy atom. The number of nitrogens with one attached hydrogen (secondary N) is 3. The van der Waals surface area contributed by atoms with Gasteiger partial charge in [-0.25, -0.2) is 4.79 Å². The van der Waals surface area contributed by atoms with Crippen LogP contribution in [0.2, 0.25) is 0 Å². The van der Waals surface area contributed by atoms with Crippen LogP contribution in [0.4, 0.5) is 4.79 Å². The highest BCUT2D eigenvalue weighted by Gasteiger charge is 2.52. The van der Waals surface area contributed by atoms with Gasteiger partial charge in [0.2, 0.25) is 17.2 Å². The third kappa shape index (κ3) is 16.4. The number of allylic oxidation sites excluding steroid dienone is 3. The number of hydroxylamine groups is 1. The van der Waals surface area contributed by atoms with Crippen molar-refractivity contribution in [1.82, 2.24) is 16.1 Å². The molecular weight excluding hydrogens is 1320 g/mol. The molecule has 0 spiro atoms. The van der Waals surface area contributed by atoms with Crippen molar-refractivity contribution in [2.75, 3.05) is 54.5 Å². The number of Topliss-reactive ketones (excluding diaryl/α,β-unsaturated/α-hetero) is 1. The molecule has 1 saturated carbocycles. The second-order valence-corrected chi connectivity index (χ2v) is 27.1. The molecule has 5 fully saturated rings.